The highest BCUT2D eigenvalue weighted by Crippen LogP contribution is 2.22. The predicted molar refractivity (Wildman–Crippen MR) is 93.1 cm³/mol. The van der Waals surface area contributed by atoms with Crippen molar-refractivity contribution in [3.63, 3.8) is 0 Å². The first-order valence-corrected chi connectivity index (χ1v) is 8.88. The molecule has 1 saturated heterocycles. The number of halogens is 2. The summed E-state index contributed by atoms with van der Waals surface area (Å²) in [5.74, 6) is -1.21. The molecule has 1 aromatic rings. The zero-order valence-electron chi connectivity index (χ0n) is 13.9. The molecule has 1 amide bonds. The fraction of sp³-hybridized carbons (Fsp3) is 0.529. The van der Waals surface area contributed by atoms with Crippen LogP contribution in [0, 0.1) is 11.7 Å². The molecule has 0 aromatic heterocycles. The Hall–Kier alpha value is -1.47. The van der Waals surface area contributed by atoms with E-state index in [9.17, 15) is 14.0 Å². The molecule has 0 aliphatic carbocycles. The van der Waals surface area contributed by atoms with Crippen LogP contribution >= 0.6 is 15.9 Å². The van der Waals surface area contributed by atoms with Gasteiger partial charge in [-0.25, -0.2) is 4.39 Å². The molecule has 1 fully saturated rings. The lowest BCUT2D eigenvalue weighted by Gasteiger charge is -2.35. The van der Waals surface area contributed by atoms with Gasteiger partial charge in [-0.3, -0.25) is 14.5 Å². The van der Waals surface area contributed by atoms with Crippen LogP contribution in [0.5, 0.6) is 0 Å². The maximum absolute atomic E-state index is 13.8. The molecule has 7 heteroatoms. The second kappa shape index (κ2) is 8.58. The SMILES string of the molecule is CCOC(=O)[C@H]1CCCN([C@@H](C)C(=O)Nc2ccc(Br)cc2F)C1. The minimum Gasteiger partial charge on any atom is -0.466 e. The number of esters is 1. The van der Waals surface area contributed by atoms with Crippen LogP contribution in [0.3, 0.4) is 0 Å². The highest BCUT2D eigenvalue weighted by Gasteiger charge is 2.31. The molecule has 5 nitrogen and oxygen atoms in total. The van der Waals surface area contributed by atoms with Crippen LogP contribution < -0.4 is 5.32 Å². The molecular formula is C17H22BrFN2O3. The Morgan fingerprint density at radius 3 is 2.92 bits per heavy atom. The van der Waals surface area contributed by atoms with Crippen molar-refractivity contribution in [1.82, 2.24) is 4.90 Å². The number of amides is 1. The molecule has 1 heterocycles. The third kappa shape index (κ3) is 4.77. The van der Waals surface area contributed by atoms with Crippen LogP contribution in [0.2, 0.25) is 0 Å². The molecule has 0 spiro atoms. The predicted octanol–water partition coefficient (Wildman–Crippen LogP) is 3.19. The van der Waals surface area contributed by atoms with E-state index in [0.717, 1.165) is 19.4 Å². The first-order chi connectivity index (χ1) is 11.4. The van der Waals surface area contributed by atoms with Crippen molar-refractivity contribution in [2.75, 3.05) is 25.0 Å². The Bertz CT molecular complexity index is 611. The fourth-order valence-corrected chi connectivity index (χ4v) is 3.14. The Labute approximate surface area is 149 Å². The van der Waals surface area contributed by atoms with Crippen LogP contribution in [0.25, 0.3) is 0 Å². The highest BCUT2D eigenvalue weighted by atomic mass is 79.9. The third-order valence-electron chi connectivity index (χ3n) is 4.19. The summed E-state index contributed by atoms with van der Waals surface area (Å²) in [4.78, 5) is 26.2. The molecule has 0 radical (unpaired) electrons. The number of carbonyl (C=O) groups is 2. The van der Waals surface area contributed by atoms with E-state index in [1.165, 1.54) is 12.1 Å². The summed E-state index contributed by atoms with van der Waals surface area (Å²) in [6.07, 6.45) is 1.60. The van der Waals surface area contributed by atoms with Crippen molar-refractivity contribution in [1.29, 1.82) is 0 Å². The summed E-state index contributed by atoms with van der Waals surface area (Å²) in [6.45, 7) is 5.11. The van der Waals surface area contributed by atoms with Crippen LogP contribution in [0.1, 0.15) is 26.7 Å². The molecule has 2 atom stereocenters. The van der Waals surface area contributed by atoms with E-state index in [4.69, 9.17) is 4.74 Å². The minimum absolute atomic E-state index is 0.147. The summed E-state index contributed by atoms with van der Waals surface area (Å²) in [5.41, 5.74) is 0.147. The zero-order valence-corrected chi connectivity index (χ0v) is 15.4. The Morgan fingerprint density at radius 2 is 2.25 bits per heavy atom. The zero-order chi connectivity index (χ0) is 17.7. The van der Waals surface area contributed by atoms with E-state index in [2.05, 4.69) is 21.2 Å². The average molecular weight is 401 g/mol. The van der Waals surface area contributed by atoms with Gasteiger partial charge in [-0.2, -0.15) is 0 Å². The maximum atomic E-state index is 13.8. The molecule has 24 heavy (non-hydrogen) atoms. The van der Waals surface area contributed by atoms with Crippen LogP contribution in [-0.4, -0.2) is 42.5 Å². The van der Waals surface area contributed by atoms with E-state index in [1.54, 1.807) is 19.9 Å². The van der Waals surface area contributed by atoms with Gasteiger partial charge in [-0.15, -0.1) is 0 Å². The van der Waals surface area contributed by atoms with E-state index in [-0.39, 0.29) is 23.5 Å². The van der Waals surface area contributed by atoms with Gasteiger partial charge >= 0.3 is 5.97 Å². The van der Waals surface area contributed by atoms with Crippen molar-refractivity contribution >= 4 is 33.5 Å². The molecule has 2 rings (SSSR count). The highest BCUT2D eigenvalue weighted by molar-refractivity contribution is 9.10. The molecule has 1 aliphatic rings. The normalized spacial score (nSPS) is 19.6. The number of carbonyl (C=O) groups excluding carboxylic acids is 2. The van der Waals surface area contributed by atoms with Gasteiger partial charge in [0.1, 0.15) is 5.82 Å². The van der Waals surface area contributed by atoms with Gasteiger partial charge in [0.15, 0.2) is 0 Å². The lowest BCUT2D eigenvalue weighted by atomic mass is 9.97. The lowest BCUT2D eigenvalue weighted by molar-refractivity contribution is -0.150. The van der Waals surface area contributed by atoms with Crippen molar-refractivity contribution in [2.24, 2.45) is 5.92 Å². The minimum atomic E-state index is -0.493. The van der Waals surface area contributed by atoms with Crippen molar-refractivity contribution in [2.45, 2.75) is 32.7 Å². The quantitative estimate of drug-likeness (QED) is 0.770. The van der Waals surface area contributed by atoms with Crippen molar-refractivity contribution < 1.29 is 18.7 Å². The Balaban J connectivity index is 1.98. The Morgan fingerprint density at radius 1 is 1.50 bits per heavy atom. The summed E-state index contributed by atoms with van der Waals surface area (Å²) < 4.78 is 19.5. The number of rotatable bonds is 5. The number of hydrogen-bond acceptors (Lipinski definition) is 4. The van der Waals surface area contributed by atoms with E-state index in [0.29, 0.717) is 17.6 Å². The molecule has 1 aromatic carbocycles. The van der Waals surface area contributed by atoms with Crippen LogP contribution in [0.15, 0.2) is 22.7 Å². The van der Waals surface area contributed by atoms with E-state index >= 15 is 0 Å². The van der Waals surface area contributed by atoms with Gasteiger partial charge in [0.05, 0.1) is 24.3 Å². The summed E-state index contributed by atoms with van der Waals surface area (Å²) >= 11 is 3.18. The summed E-state index contributed by atoms with van der Waals surface area (Å²) in [7, 11) is 0. The smallest absolute Gasteiger partial charge is 0.310 e. The molecule has 132 valence electrons. The second-order valence-electron chi connectivity index (χ2n) is 5.88. The Kier molecular flexibility index (Phi) is 6.74. The van der Waals surface area contributed by atoms with Crippen molar-refractivity contribution in [3.05, 3.63) is 28.5 Å². The second-order valence-corrected chi connectivity index (χ2v) is 6.79. The molecular weight excluding hydrogens is 379 g/mol. The largest absolute Gasteiger partial charge is 0.466 e. The number of piperidine rings is 1. The lowest BCUT2D eigenvalue weighted by Crippen LogP contribution is -2.48. The van der Waals surface area contributed by atoms with Gasteiger partial charge in [0, 0.05) is 11.0 Å². The van der Waals surface area contributed by atoms with Gasteiger partial charge in [0.25, 0.3) is 0 Å². The fourth-order valence-electron chi connectivity index (χ4n) is 2.80. The van der Waals surface area contributed by atoms with Gasteiger partial charge in [-0.05, 0) is 51.4 Å². The third-order valence-corrected chi connectivity index (χ3v) is 4.68. The number of hydrogen-bond donors (Lipinski definition) is 1. The van der Waals surface area contributed by atoms with Crippen LogP contribution in [-0.2, 0) is 14.3 Å². The number of benzene rings is 1. The average Bonchev–Trinajstić information content (AvgIpc) is 2.57. The molecule has 1 N–H and O–H groups in total. The number of anilines is 1. The summed E-state index contributed by atoms with van der Waals surface area (Å²) in [6, 6.07) is 4.03. The number of likely N-dealkylation sites (tertiary alicyclic amines) is 1. The van der Waals surface area contributed by atoms with Crippen LogP contribution in [0.4, 0.5) is 10.1 Å². The van der Waals surface area contributed by atoms with Crippen molar-refractivity contribution in [3.8, 4) is 0 Å². The van der Waals surface area contributed by atoms with Gasteiger partial charge in [-0.1, -0.05) is 15.9 Å². The number of ether oxygens (including phenoxy) is 1. The standard InChI is InChI=1S/C17H22BrFN2O3/c1-3-24-17(23)12-5-4-8-21(10-12)11(2)16(22)20-15-7-6-13(18)9-14(15)19/h6-7,9,11-12H,3-5,8,10H2,1-2H3,(H,20,22)/t11-,12-/m0/s1. The molecule has 0 saturated carbocycles. The molecule has 0 unspecified atom stereocenters. The van der Waals surface area contributed by atoms with Gasteiger partial charge in [0.2, 0.25) is 5.91 Å². The number of nitrogens with one attached hydrogen (secondary N) is 1. The maximum Gasteiger partial charge on any atom is 0.310 e. The topological polar surface area (TPSA) is 58.6 Å². The molecule has 1 aliphatic heterocycles. The van der Waals surface area contributed by atoms with E-state index in [1.807, 2.05) is 4.90 Å². The molecule has 0 bridgehead atoms. The monoisotopic (exact) mass is 400 g/mol. The van der Waals surface area contributed by atoms with E-state index < -0.39 is 11.9 Å². The first kappa shape index (κ1) is 18.9. The first-order valence-electron chi connectivity index (χ1n) is 8.09. The number of nitrogens with zero attached hydrogens (tertiary/aromatic N) is 1. The summed E-state index contributed by atoms with van der Waals surface area (Å²) in [5, 5.41) is 2.61. The van der Waals surface area contributed by atoms with Gasteiger partial charge < -0.3 is 10.1 Å².